The van der Waals surface area contributed by atoms with E-state index < -0.39 is 16.6 Å². The predicted octanol–water partition coefficient (Wildman–Crippen LogP) is 1.93. The average molecular weight is 332 g/mol. The minimum Gasteiger partial charge on any atom is -0.435 e. The van der Waals surface area contributed by atoms with Gasteiger partial charge in [-0.3, -0.25) is 0 Å². The summed E-state index contributed by atoms with van der Waals surface area (Å²) in [5.74, 6) is -0.0578. The third kappa shape index (κ3) is 2.82. The molecule has 3 rings (SSSR count). The summed E-state index contributed by atoms with van der Waals surface area (Å²) in [7, 11) is -3.63. The number of alkyl halides is 2. The zero-order chi connectivity index (χ0) is 15.9. The van der Waals surface area contributed by atoms with Crippen molar-refractivity contribution in [3.63, 3.8) is 0 Å². The van der Waals surface area contributed by atoms with Gasteiger partial charge < -0.3 is 10.5 Å². The van der Waals surface area contributed by atoms with Crippen molar-refractivity contribution in [1.82, 2.24) is 4.31 Å². The van der Waals surface area contributed by atoms with Gasteiger partial charge in [-0.2, -0.15) is 13.1 Å². The van der Waals surface area contributed by atoms with Crippen LogP contribution in [0.3, 0.4) is 0 Å². The van der Waals surface area contributed by atoms with E-state index in [2.05, 4.69) is 4.74 Å². The van der Waals surface area contributed by atoms with Gasteiger partial charge in [0.25, 0.3) is 0 Å². The minimum absolute atomic E-state index is 0.0470. The molecule has 2 N–H and O–H groups in total. The molecule has 3 atom stereocenters. The zero-order valence-corrected chi connectivity index (χ0v) is 12.7. The highest BCUT2D eigenvalue weighted by atomic mass is 32.2. The fraction of sp³-hybridized carbons (Fsp3) is 0.571. The highest BCUT2D eigenvalue weighted by Gasteiger charge is 2.46. The number of nitrogens with two attached hydrogens (primary N) is 1. The summed E-state index contributed by atoms with van der Waals surface area (Å²) in [6, 6.07) is 5.03. The average Bonchev–Trinajstić information content (AvgIpc) is 2.72. The SMILES string of the molecule is N[C@@H]1C[C@H]2CC[C@@H](C1)N2S(=O)(=O)c1ccc(OC(F)F)cc1. The van der Waals surface area contributed by atoms with E-state index in [0.29, 0.717) is 12.8 Å². The second kappa shape index (κ2) is 5.75. The van der Waals surface area contributed by atoms with Gasteiger partial charge in [-0.15, -0.1) is 0 Å². The number of hydrogen-bond donors (Lipinski definition) is 1. The number of fused-ring (bicyclic) bond motifs is 2. The maximum atomic E-state index is 12.8. The smallest absolute Gasteiger partial charge is 0.387 e. The lowest BCUT2D eigenvalue weighted by atomic mass is 10.0. The summed E-state index contributed by atoms with van der Waals surface area (Å²) in [5, 5.41) is 0. The van der Waals surface area contributed by atoms with Gasteiger partial charge in [0, 0.05) is 18.1 Å². The van der Waals surface area contributed by atoms with Crippen molar-refractivity contribution in [1.29, 1.82) is 0 Å². The Balaban J connectivity index is 1.84. The Hall–Kier alpha value is -1.25. The fourth-order valence-corrected chi connectivity index (χ4v) is 5.37. The van der Waals surface area contributed by atoms with Gasteiger partial charge in [0.1, 0.15) is 5.75 Å². The Morgan fingerprint density at radius 1 is 1.14 bits per heavy atom. The van der Waals surface area contributed by atoms with Crippen LogP contribution in [0.4, 0.5) is 8.78 Å². The molecule has 2 bridgehead atoms. The van der Waals surface area contributed by atoms with Gasteiger partial charge >= 0.3 is 6.61 Å². The van der Waals surface area contributed by atoms with Crippen molar-refractivity contribution in [2.75, 3.05) is 0 Å². The van der Waals surface area contributed by atoms with Crippen LogP contribution in [0.5, 0.6) is 5.75 Å². The number of ether oxygens (including phenoxy) is 1. The minimum atomic E-state index is -3.63. The zero-order valence-electron chi connectivity index (χ0n) is 11.9. The molecule has 2 aliphatic heterocycles. The molecule has 2 fully saturated rings. The number of piperidine rings is 1. The lowest BCUT2D eigenvalue weighted by molar-refractivity contribution is -0.0498. The molecule has 122 valence electrons. The van der Waals surface area contributed by atoms with Gasteiger partial charge in [0.2, 0.25) is 10.0 Å². The Morgan fingerprint density at radius 3 is 2.18 bits per heavy atom. The summed E-state index contributed by atoms with van der Waals surface area (Å²) in [6.07, 6.45) is 2.99. The van der Waals surface area contributed by atoms with E-state index >= 15 is 0 Å². The van der Waals surface area contributed by atoms with Gasteiger partial charge in [-0.05, 0) is 49.9 Å². The summed E-state index contributed by atoms with van der Waals surface area (Å²) in [5.41, 5.74) is 5.96. The molecule has 0 amide bonds. The molecule has 1 aromatic carbocycles. The monoisotopic (exact) mass is 332 g/mol. The summed E-state index contributed by atoms with van der Waals surface area (Å²) in [4.78, 5) is 0.0986. The molecule has 1 aromatic rings. The van der Waals surface area contributed by atoms with E-state index in [4.69, 9.17) is 5.73 Å². The molecule has 22 heavy (non-hydrogen) atoms. The first-order valence-corrected chi connectivity index (χ1v) is 8.66. The number of halogens is 2. The van der Waals surface area contributed by atoms with Crippen LogP contribution in [0, 0.1) is 0 Å². The van der Waals surface area contributed by atoms with E-state index in [-0.39, 0.29) is 28.8 Å². The normalized spacial score (nSPS) is 29.0. The van der Waals surface area contributed by atoms with Gasteiger partial charge in [0.15, 0.2) is 0 Å². The van der Waals surface area contributed by atoms with Crippen LogP contribution in [0.25, 0.3) is 0 Å². The van der Waals surface area contributed by atoms with Gasteiger partial charge in [-0.1, -0.05) is 0 Å². The maximum absolute atomic E-state index is 12.8. The van der Waals surface area contributed by atoms with E-state index in [1.165, 1.54) is 24.3 Å². The molecule has 8 heteroatoms. The number of nitrogens with zero attached hydrogens (tertiary/aromatic N) is 1. The highest BCUT2D eigenvalue weighted by Crippen LogP contribution is 2.39. The molecule has 0 spiro atoms. The predicted molar refractivity (Wildman–Crippen MR) is 76.1 cm³/mol. The first-order chi connectivity index (χ1) is 10.4. The topological polar surface area (TPSA) is 72.6 Å². The van der Waals surface area contributed by atoms with Crippen molar-refractivity contribution in [3.05, 3.63) is 24.3 Å². The number of benzene rings is 1. The molecule has 0 saturated carbocycles. The van der Waals surface area contributed by atoms with E-state index in [0.717, 1.165) is 12.8 Å². The van der Waals surface area contributed by atoms with Crippen molar-refractivity contribution < 1.29 is 21.9 Å². The third-order valence-corrected chi connectivity index (χ3v) is 6.35. The molecule has 5 nitrogen and oxygen atoms in total. The van der Waals surface area contributed by atoms with Gasteiger partial charge in [-0.25, -0.2) is 8.42 Å². The first-order valence-electron chi connectivity index (χ1n) is 7.22. The summed E-state index contributed by atoms with van der Waals surface area (Å²) >= 11 is 0. The van der Waals surface area contributed by atoms with Crippen molar-refractivity contribution in [3.8, 4) is 5.75 Å². The Labute approximate surface area is 128 Å². The van der Waals surface area contributed by atoms with E-state index in [1.54, 1.807) is 4.31 Å². The molecule has 2 aliphatic rings. The highest BCUT2D eigenvalue weighted by molar-refractivity contribution is 7.89. The van der Waals surface area contributed by atoms with Crippen LogP contribution in [0.2, 0.25) is 0 Å². The van der Waals surface area contributed by atoms with Crippen molar-refractivity contribution in [2.24, 2.45) is 5.73 Å². The van der Waals surface area contributed by atoms with Crippen LogP contribution >= 0.6 is 0 Å². The first kappa shape index (κ1) is 15.6. The number of sulfonamides is 1. The Bertz CT molecular complexity index is 622. The second-order valence-corrected chi connectivity index (χ2v) is 7.64. The van der Waals surface area contributed by atoms with Crippen molar-refractivity contribution >= 4 is 10.0 Å². The summed E-state index contributed by atoms with van der Waals surface area (Å²) in [6.45, 7) is -2.93. The number of rotatable bonds is 4. The lowest BCUT2D eigenvalue weighted by Crippen LogP contribution is -2.49. The summed E-state index contributed by atoms with van der Waals surface area (Å²) < 4.78 is 55.6. The van der Waals surface area contributed by atoms with Crippen LogP contribution in [0.15, 0.2) is 29.2 Å². The number of hydrogen-bond acceptors (Lipinski definition) is 4. The molecule has 0 aromatic heterocycles. The van der Waals surface area contributed by atoms with Crippen LogP contribution in [-0.4, -0.2) is 37.5 Å². The molecule has 2 saturated heterocycles. The lowest BCUT2D eigenvalue weighted by Gasteiger charge is -2.36. The Morgan fingerprint density at radius 2 is 1.68 bits per heavy atom. The maximum Gasteiger partial charge on any atom is 0.387 e. The third-order valence-electron chi connectivity index (χ3n) is 4.33. The molecular weight excluding hydrogens is 314 g/mol. The fourth-order valence-electron chi connectivity index (χ4n) is 3.48. The van der Waals surface area contributed by atoms with E-state index in [1.807, 2.05) is 0 Å². The van der Waals surface area contributed by atoms with Crippen LogP contribution in [0.1, 0.15) is 25.7 Å². The van der Waals surface area contributed by atoms with Crippen LogP contribution < -0.4 is 10.5 Å². The standard InChI is InChI=1S/C14H18F2N2O3S/c15-14(16)21-12-3-5-13(6-4-12)22(19,20)18-10-1-2-11(18)8-9(17)7-10/h3-6,9-11,14H,1-2,7-8,17H2/t9-,10-,11+. The van der Waals surface area contributed by atoms with Crippen LogP contribution in [-0.2, 0) is 10.0 Å². The molecule has 0 aliphatic carbocycles. The molecule has 0 radical (unpaired) electrons. The largest absolute Gasteiger partial charge is 0.435 e. The molecular formula is C14H18F2N2O3S. The van der Waals surface area contributed by atoms with Crippen molar-refractivity contribution in [2.45, 2.75) is 55.3 Å². The Kier molecular flexibility index (Phi) is 4.09. The second-order valence-electron chi connectivity index (χ2n) is 5.80. The molecule has 2 heterocycles. The van der Waals surface area contributed by atoms with Gasteiger partial charge in [0.05, 0.1) is 4.90 Å². The van der Waals surface area contributed by atoms with E-state index in [9.17, 15) is 17.2 Å². The quantitative estimate of drug-likeness (QED) is 0.914. The molecule has 0 unspecified atom stereocenters.